The Kier molecular flexibility index (Phi) is 4.10. The van der Waals surface area contributed by atoms with Crippen LogP contribution in [0.3, 0.4) is 0 Å². The number of aliphatic carboxylic acids is 1. The van der Waals surface area contributed by atoms with Crippen LogP contribution in [0.2, 0.25) is 0 Å². The smallest absolute Gasteiger partial charge is 0.328 e. The van der Waals surface area contributed by atoms with Gasteiger partial charge in [0, 0.05) is 6.04 Å². The topological polar surface area (TPSA) is 58.6 Å². The molecule has 2 N–H and O–H groups in total. The van der Waals surface area contributed by atoms with Gasteiger partial charge in [-0.15, -0.1) is 0 Å². The monoisotopic (exact) mass is 263 g/mol. The molecule has 19 heavy (non-hydrogen) atoms. The minimum absolute atomic E-state index is 0.295. The molecule has 1 unspecified atom stereocenters. The summed E-state index contributed by atoms with van der Waals surface area (Å²) in [6.45, 7) is 1.73. The third-order valence-corrected chi connectivity index (χ3v) is 3.94. The van der Waals surface area contributed by atoms with Gasteiger partial charge < -0.3 is 9.84 Å². The van der Waals surface area contributed by atoms with Gasteiger partial charge in [-0.25, -0.2) is 4.79 Å². The molecule has 1 fully saturated rings. The quantitative estimate of drug-likeness (QED) is 0.857. The molecule has 1 aromatic rings. The van der Waals surface area contributed by atoms with Gasteiger partial charge in [-0.3, -0.25) is 5.32 Å². The molecule has 104 valence electrons. The summed E-state index contributed by atoms with van der Waals surface area (Å²) >= 11 is 0. The lowest BCUT2D eigenvalue weighted by molar-refractivity contribution is -0.145. The Hall–Kier alpha value is -1.55. The molecule has 1 aliphatic carbocycles. The molecule has 4 nitrogen and oxygen atoms in total. The fourth-order valence-electron chi connectivity index (χ4n) is 2.67. The van der Waals surface area contributed by atoms with E-state index in [2.05, 4.69) is 5.32 Å². The van der Waals surface area contributed by atoms with E-state index in [1.165, 1.54) is 12.8 Å². The van der Waals surface area contributed by atoms with Crippen LogP contribution in [-0.4, -0.2) is 24.2 Å². The summed E-state index contributed by atoms with van der Waals surface area (Å²) in [7, 11) is 1.60. The van der Waals surface area contributed by atoms with Gasteiger partial charge in [-0.05, 0) is 37.5 Å². The van der Waals surface area contributed by atoms with E-state index in [1.54, 1.807) is 26.2 Å². The van der Waals surface area contributed by atoms with Crippen LogP contribution in [0.1, 0.15) is 38.2 Å². The molecule has 0 bridgehead atoms. The molecule has 0 radical (unpaired) electrons. The number of methoxy groups -OCH3 is 1. The highest BCUT2D eigenvalue weighted by atomic mass is 16.5. The van der Waals surface area contributed by atoms with Gasteiger partial charge in [-0.2, -0.15) is 0 Å². The number of benzene rings is 1. The normalized spacial score (nSPS) is 19.1. The number of carbonyl (C=O) groups is 1. The van der Waals surface area contributed by atoms with Gasteiger partial charge >= 0.3 is 5.97 Å². The number of carboxylic acids is 1. The summed E-state index contributed by atoms with van der Waals surface area (Å²) in [6, 6.07) is 7.52. The Labute approximate surface area is 113 Å². The highest BCUT2D eigenvalue weighted by molar-refractivity contribution is 5.80. The fourth-order valence-corrected chi connectivity index (χ4v) is 2.67. The van der Waals surface area contributed by atoms with Gasteiger partial charge in [0.2, 0.25) is 0 Å². The molecule has 1 saturated carbocycles. The number of rotatable bonds is 5. The van der Waals surface area contributed by atoms with Gasteiger partial charge in [0.1, 0.15) is 11.3 Å². The van der Waals surface area contributed by atoms with E-state index in [1.807, 2.05) is 12.1 Å². The molecule has 1 aromatic carbocycles. The third-order valence-electron chi connectivity index (χ3n) is 3.94. The van der Waals surface area contributed by atoms with E-state index in [4.69, 9.17) is 4.74 Å². The molecule has 4 heteroatoms. The Morgan fingerprint density at radius 2 is 1.89 bits per heavy atom. The minimum atomic E-state index is -1.04. The van der Waals surface area contributed by atoms with Crippen molar-refractivity contribution < 1.29 is 14.6 Å². The Balaban J connectivity index is 2.23. The van der Waals surface area contributed by atoms with E-state index in [-0.39, 0.29) is 0 Å². The lowest BCUT2D eigenvalue weighted by Crippen LogP contribution is -2.50. The predicted molar refractivity (Wildman–Crippen MR) is 73.4 cm³/mol. The van der Waals surface area contributed by atoms with Gasteiger partial charge in [-0.1, -0.05) is 25.0 Å². The Morgan fingerprint density at radius 1 is 1.32 bits per heavy atom. The molecule has 0 spiro atoms. The van der Waals surface area contributed by atoms with Crippen molar-refractivity contribution in [3.8, 4) is 5.75 Å². The number of hydrogen-bond donors (Lipinski definition) is 2. The lowest BCUT2D eigenvalue weighted by atomic mass is 9.90. The zero-order chi connectivity index (χ0) is 13.9. The second-order valence-corrected chi connectivity index (χ2v) is 5.28. The zero-order valence-electron chi connectivity index (χ0n) is 11.5. The van der Waals surface area contributed by atoms with Crippen LogP contribution in [0.5, 0.6) is 5.75 Å². The van der Waals surface area contributed by atoms with Crippen LogP contribution >= 0.6 is 0 Å². The van der Waals surface area contributed by atoms with Gasteiger partial charge in [0.25, 0.3) is 0 Å². The van der Waals surface area contributed by atoms with Crippen LogP contribution < -0.4 is 10.1 Å². The molecule has 0 aromatic heterocycles. The third kappa shape index (κ3) is 2.89. The van der Waals surface area contributed by atoms with Gasteiger partial charge in [0.15, 0.2) is 0 Å². The van der Waals surface area contributed by atoms with Crippen LogP contribution in [0.4, 0.5) is 0 Å². The summed E-state index contributed by atoms with van der Waals surface area (Å²) in [6.07, 6.45) is 4.46. The summed E-state index contributed by atoms with van der Waals surface area (Å²) in [5.74, 6) is -0.109. The number of carboxylic acid groups (broad SMARTS) is 1. The van der Waals surface area contributed by atoms with E-state index in [9.17, 15) is 9.90 Å². The first kappa shape index (κ1) is 13.9. The van der Waals surface area contributed by atoms with Crippen molar-refractivity contribution in [1.29, 1.82) is 0 Å². The zero-order valence-corrected chi connectivity index (χ0v) is 11.5. The molecule has 2 rings (SSSR count). The molecular weight excluding hydrogens is 242 g/mol. The predicted octanol–water partition coefficient (Wildman–Crippen LogP) is 2.53. The van der Waals surface area contributed by atoms with Crippen molar-refractivity contribution in [2.45, 2.75) is 44.2 Å². The second kappa shape index (κ2) is 5.61. The lowest BCUT2D eigenvalue weighted by Gasteiger charge is -2.30. The maximum absolute atomic E-state index is 11.7. The van der Waals surface area contributed by atoms with Crippen molar-refractivity contribution in [3.05, 3.63) is 29.8 Å². The molecule has 0 saturated heterocycles. The Morgan fingerprint density at radius 3 is 2.37 bits per heavy atom. The van der Waals surface area contributed by atoms with E-state index >= 15 is 0 Å². The molecule has 0 amide bonds. The summed E-state index contributed by atoms with van der Waals surface area (Å²) in [5, 5.41) is 12.9. The van der Waals surface area contributed by atoms with Crippen molar-refractivity contribution in [2.75, 3.05) is 7.11 Å². The molecule has 1 atom stereocenters. The number of ether oxygens (including phenoxy) is 1. The van der Waals surface area contributed by atoms with Crippen molar-refractivity contribution >= 4 is 5.97 Å². The van der Waals surface area contributed by atoms with Crippen molar-refractivity contribution in [2.24, 2.45) is 0 Å². The highest BCUT2D eigenvalue weighted by Crippen LogP contribution is 2.28. The first-order valence-electron chi connectivity index (χ1n) is 6.72. The van der Waals surface area contributed by atoms with Crippen LogP contribution in [0.25, 0.3) is 0 Å². The average Bonchev–Trinajstić information content (AvgIpc) is 2.91. The minimum Gasteiger partial charge on any atom is -0.497 e. The molecule has 1 aliphatic rings. The summed E-state index contributed by atoms with van der Waals surface area (Å²) in [4.78, 5) is 11.7. The van der Waals surface area contributed by atoms with Crippen molar-refractivity contribution in [3.63, 3.8) is 0 Å². The second-order valence-electron chi connectivity index (χ2n) is 5.28. The largest absolute Gasteiger partial charge is 0.497 e. The first-order chi connectivity index (χ1) is 9.06. The number of hydrogen-bond acceptors (Lipinski definition) is 3. The highest BCUT2D eigenvalue weighted by Gasteiger charge is 2.37. The van der Waals surface area contributed by atoms with E-state index in [0.717, 1.165) is 24.2 Å². The molecular formula is C15H21NO3. The van der Waals surface area contributed by atoms with E-state index in [0.29, 0.717) is 6.04 Å². The standard InChI is InChI=1S/C15H21NO3/c1-15(14(17)18,16-12-5-3-4-6-12)11-7-9-13(19-2)10-8-11/h7-10,12,16H,3-6H2,1-2H3,(H,17,18). The average molecular weight is 263 g/mol. The summed E-state index contributed by atoms with van der Waals surface area (Å²) in [5.41, 5.74) is -0.283. The number of nitrogens with one attached hydrogen (secondary N) is 1. The fraction of sp³-hybridized carbons (Fsp3) is 0.533. The van der Waals surface area contributed by atoms with Crippen LogP contribution in [0, 0.1) is 0 Å². The van der Waals surface area contributed by atoms with Crippen molar-refractivity contribution in [1.82, 2.24) is 5.32 Å². The maximum Gasteiger partial charge on any atom is 0.328 e. The van der Waals surface area contributed by atoms with Gasteiger partial charge in [0.05, 0.1) is 7.11 Å². The molecule has 0 aliphatic heterocycles. The van der Waals surface area contributed by atoms with Crippen LogP contribution in [0.15, 0.2) is 24.3 Å². The SMILES string of the molecule is COc1ccc(C(C)(NC2CCCC2)C(=O)O)cc1. The van der Waals surface area contributed by atoms with E-state index < -0.39 is 11.5 Å². The first-order valence-corrected chi connectivity index (χ1v) is 6.72. The summed E-state index contributed by atoms with van der Waals surface area (Å²) < 4.78 is 5.11. The van der Waals surface area contributed by atoms with Crippen LogP contribution in [-0.2, 0) is 10.3 Å². The maximum atomic E-state index is 11.7. The Bertz CT molecular complexity index is 437. The molecule has 0 heterocycles.